The zero-order valence-electron chi connectivity index (χ0n) is 16.3. The quantitative estimate of drug-likeness (QED) is 0.385. The van der Waals surface area contributed by atoms with Gasteiger partial charge in [0.15, 0.2) is 5.65 Å². The third kappa shape index (κ3) is 3.06. The van der Waals surface area contributed by atoms with Crippen LogP contribution in [0, 0.1) is 0 Å². The first-order chi connectivity index (χ1) is 14.0. The number of rotatable bonds is 4. The molecule has 0 spiro atoms. The van der Waals surface area contributed by atoms with Crippen LogP contribution in [0.2, 0.25) is 0 Å². The molecule has 0 N–H and O–H groups in total. The van der Waals surface area contributed by atoms with Crippen molar-refractivity contribution in [1.82, 2.24) is 19.1 Å². The highest BCUT2D eigenvalue weighted by Gasteiger charge is 2.29. The highest BCUT2D eigenvalue weighted by molar-refractivity contribution is 7.98. The molecule has 4 aromatic rings. The van der Waals surface area contributed by atoms with Crippen molar-refractivity contribution in [3.8, 4) is 0 Å². The lowest BCUT2D eigenvalue weighted by Crippen LogP contribution is -2.37. The number of hydrogen-bond acceptors (Lipinski definition) is 5. The first-order valence-electron chi connectivity index (χ1n) is 9.61. The van der Waals surface area contributed by atoms with Crippen LogP contribution in [0.15, 0.2) is 57.1 Å². The molecule has 0 radical (unpaired) electrons. The summed E-state index contributed by atoms with van der Waals surface area (Å²) in [6.45, 7) is 0. The first-order valence-corrected chi connectivity index (χ1v) is 10.6. The van der Waals surface area contributed by atoms with Gasteiger partial charge in [-0.25, -0.2) is 14.8 Å². The third-order valence-electron chi connectivity index (χ3n) is 5.47. The predicted molar refractivity (Wildman–Crippen MR) is 116 cm³/mol. The lowest BCUT2D eigenvalue weighted by atomic mass is 10.1. The number of hydrogen-bond donors (Lipinski definition) is 0. The number of thioether (sulfide) groups is 1. The van der Waals surface area contributed by atoms with E-state index in [4.69, 9.17) is 4.98 Å². The van der Waals surface area contributed by atoms with Crippen LogP contribution in [0.5, 0.6) is 0 Å². The number of aromatic nitrogens is 4. The largest absolute Gasteiger partial charge is 0.332 e. The fourth-order valence-electron chi connectivity index (χ4n) is 3.64. The third-order valence-corrected chi connectivity index (χ3v) is 6.50. The van der Waals surface area contributed by atoms with E-state index in [0.717, 1.165) is 23.2 Å². The van der Waals surface area contributed by atoms with E-state index in [-0.39, 0.29) is 11.2 Å². The summed E-state index contributed by atoms with van der Waals surface area (Å²) in [4.78, 5) is 34.6. The lowest BCUT2D eigenvalue weighted by molar-refractivity contribution is 0.698. The highest BCUT2D eigenvalue weighted by Crippen LogP contribution is 2.39. The second-order valence-corrected chi connectivity index (χ2v) is 8.46. The van der Waals surface area contributed by atoms with Crippen LogP contribution >= 0.6 is 11.8 Å². The number of aryl methyl sites for hydroxylation is 1. The molecule has 0 atom stereocenters. The van der Waals surface area contributed by atoms with Crippen molar-refractivity contribution in [3.05, 3.63) is 74.7 Å². The Balaban J connectivity index is 1.65. The molecular formula is C22H20N4O2S. The predicted octanol–water partition coefficient (Wildman–Crippen LogP) is 3.35. The monoisotopic (exact) mass is 404 g/mol. The Morgan fingerprint density at radius 1 is 1.00 bits per heavy atom. The SMILES string of the molecule is Cn1c(=O)c2c(SCc3cccc4ccccc34)nc(C3CC3)nc2n(C)c1=O. The van der Waals surface area contributed by atoms with Crippen LogP contribution < -0.4 is 11.2 Å². The van der Waals surface area contributed by atoms with E-state index in [0.29, 0.717) is 27.7 Å². The minimum absolute atomic E-state index is 0.329. The smallest absolute Gasteiger partial charge is 0.280 e. The molecule has 0 bridgehead atoms. The Morgan fingerprint density at radius 2 is 1.76 bits per heavy atom. The van der Waals surface area contributed by atoms with Gasteiger partial charge in [0.05, 0.1) is 0 Å². The maximum Gasteiger partial charge on any atom is 0.332 e. The summed E-state index contributed by atoms with van der Waals surface area (Å²) >= 11 is 1.53. The molecule has 2 aromatic heterocycles. The molecule has 5 rings (SSSR count). The van der Waals surface area contributed by atoms with Crippen molar-refractivity contribution < 1.29 is 0 Å². The van der Waals surface area contributed by atoms with Crippen LogP contribution in [0.1, 0.15) is 30.1 Å². The maximum absolute atomic E-state index is 12.9. The molecule has 0 aliphatic heterocycles. The molecule has 1 aliphatic carbocycles. The molecule has 0 unspecified atom stereocenters. The van der Waals surface area contributed by atoms with Gasteiger partial charge < -0.3 is 0 Å². The number of nitrogens with zero attached hydrogens (tertiary/aromatic N) is 4. The highest BCUT2D eigenvalue weighted by atomic mass is 32.2. The van der Waals surface area contributed by atoms with Gasteiger partial charge in [-0.05, 0) is 29.2 Å². The van der Waals surface area contributed by atoms with E-state index in [1.54, 1.807) is 7.05 Å². The standard InChI is InChI=1S/C22H20N4O2S/c1-25-19-17(21(27)26(2)22(25)28)20(24-18(23-19)14-10-11-14)29-12-15-8-5-7-13-6-3-4-9-16(13)15/h3-9,14H,10-12H2,1-2H3. The van der Waals surface area contributed by atoms with Crippen LogP contribution in [-0.2, 0) is 19.8 Å². The summed E-state index contributed by atoms with van der Waals surface area (Å²) in [5.74, 6) is 1.75. The van der Waals surface area contributed by atoms with Gasteiger partial charge in [-0.2, -0.15) is 0 Å². The van der Waals surface area contributed by atoms with Crippen molar-refractivity contribution in [2.75, 3.05) is 0 Å². The molecule has 2 aromatic carbocycles. The van der Waals surface area contributed by atoms with Crippen molar-refractivity contribution in [1.29, 1.82) is 0 Å². The summed E-state index contributed by atoms with van der Waals surface area (Å²) in [7, 11) is 3.16. The molecule has 1 saturated carbocycles. The van der Waals surface area contributed by atoms with Gasteiger partial charge in [0.2, 0.25) is 0 Å². The molecule has 29 heavy (non-hydrogen) atoms. The Labute approximate surface area is 171 Å². The van der Waals surface area contributed by atoms with Gasteiger partial charge in [0.1, 0.15) is 16.2 Å². The van der Waals surface area contributed by atoms with E-state index in [1.165, 1.54) is 39.7 Å². The van der Waals surface area contributed by atoms with Crippen LogP contribution in [0.4, 0.5) is 0 Å². The summed E-state index contributed by atoms with van der Waals surface area (Å²) in [6.07, 6.45) is 2.11. The minimum Gasteiger partial charge on any atom is -0.280 e. The Morgan fingerprint density at radius 3 is 2.55 bits per heavy atom. The number of fused-ring (bicyclic) bond motifs is 2. The van der Waals surface area contributed by atoms with E-state index in [9.17, 15) is 9.59 Å². The summed E-state index contributed by atoms with van der Waals surface area (Å²) in [5.41, 5.74) is 0.906. The van der Waals surface area contributed by atoms with Crippen LogP contribution in [0.25, 0.3) is 21.8 Å². The van der Waals surface area contributed by atoms with Gasteiger partial charge >= 0.3 is 5.69 Å². The fraction of sp³-hybridized carbons (Fsp3) is 0.273. The van der Waals surface area contributed by atoms with Crippen LogP contribution in [0.3, 0.4) is 0 Å². The molecule has 1 aliphatic rings. The van der Waals surface area contributed by atoms with E-state index in [2.05, 4.69) is 35.3 Å². The van der Waals surface area contributed by atoms with Crippen molar-refractivity contribution in [2.24, 2.45) is 14.1 Å². The first kappa shape index (κ1) is 18.1. The average molecular weight is 404 g/mol. The second-order valence-electron chi connectivity index (χ2n) is 7.49. The summed E-state index contributed by atoms with van der Waals surface area (Å²) in [6, 6.07) is 14.5. The molecule has 6 nitrogen and oxygen atoms in total. The van der Waals surface area contributed by atoms with E-state index < -0.39 is 0 Å². The molecule has 2 heterocycles. The fourth-order valence-corrected chi connectivity index (χ4v) is 4.66. The van der Waals surface area contributed by atoms with Gasteiger partial charge in [-0.3, -0.25) is 13.9 Å². The Bertz CT molecular complexity index is 1380. The normalized spacial score (nSPS) is 14.0. The number of benzene rings is 2. The topological polar surface area (TPSA) is 69.8 Å². The summed E-state index contributed by atoms with van der Waals surface area (Å²) < 4.78 is 2.58. The van der Waals surface area contributed by atoms with Crippen molar-refractivity contribution in [3.63, 3.8) is 0 Å². The van der Waals surface area contributed by atoms with Crippen molar-refractivity contribution >= 4 is 33.6 Å². The van der Waals surface area contributed by atoms with Gasteiger partial charge in [0.25, 0.3) is 5.56 Å². The molecule has 1 fully saturated rings. The molecule has 7 heteroatoms. The molecule has 0 saturated heterocycles. The molecule has 146 valence electrons. The van der Waals surface area contributed by atoms with Crippen molar-refractivity contribution in [2.45, 2.75) is 29.5 Å². The Kier molecular flexibility index (Phi) is 4.28. The molecular weight excluding hydrogens is 384 g/mol. The average Bonchev–Trinajstić information content (AvgIpc) is 3.59. The molecule has 0 amide bonds. The van der Waals surface area contributed by atoms with Gasteiger partial charge in [-0.1, -0.05) is 42.5 Å². The Hall–Kier alpha value is -2.93. The van der Waals surface area contributed by atoms with E-state index in [1.807, 2.05) is 12.1 Å². The zero-order chi connectivity index (χ0) is 20.1. The van der Waals surface area contributed by atoms with Gasteiger partial charge in [-0.15, -0.1) is 11.8 Å². The zero-order valence-corrected chi connectivity index (χ0v) is 17.1. The lowest BCUT2D eigenvalue weighted by Gasteiger charge is -2.12. The van der Waals surface area contributed by atoms with Crippen LogP contribution in [-0.4, -0.2) is 19.1 Å². The van der Waals surface area contributed by atoms with E-state index >= 15 is 0 Å². The minimum atomic E-state index is -0.368. The van der Waals surface area contributed by atoms with Gasteiger partial charge in [0, 0.05) is 25.8 Å². The summed E-state index contributed by atoms with van der Waals surface area (Å²) in [5, 5.41) is 3.46. The maximum atomic E-state index is 12.9. The second kappa shape index (κ2) is 6.84.